The Bertz CT molecular complexity index is 1230. The molecule has 0 aliphatic carbocycles. The maximum absolute atomic E-state index is 15.1. The lowest BCUT2D eigenvalue weighted by molar-refractivity contribution is 0.324. The molecule has 0 heterocycles. The summed E-state index contributed by atoms with van der Waals surface area (Å²) in [5, 5.41) is 0. The van der Waals surface area contributed by atoms with Gasteiger partial charge in [-0.1, -0.05) is 30.4 Å². The van der Waals surface area contributed by atoms with Crippen LogP contribution < -0.4 is 23.7 Å². The molecule has 0 aliphatic heterocycles. The van der Waals surface area contributed by atoms with E-state index in [1.807, 2.05) is 0 Å². The van der Waals surface area contributed by atoms with Gasteiger partial charge in [-0.05, 0) is 42.0 Å². The van der Waals surface area contributed by atoms with E-state index in [0.717, 1.165) is 0 Å². The van der Waals surface area contributed by atoms with E-state index >= 15 is 4.39 Å². The minimum Gasteiger partial charge on any atom is -0.494 e. The van der Waals surface area contributed by atoms with E-state index in [4.69, 9.17) is 18.9 Å². The summed E-state index contributed by atoms with van der Waals surface area (Å²) >= 11 is 0. The molecule has 3 aromatic rings. The first-order chi connectivity index (χ1) is 15.8. The van der Waals surface area contributed by atoms with Crippen molar-refractivity contribution in [2.75, 3.05) is 33.2 Å². The van der Waals surface area contributed by atoms with Crippen molar-refractivity contribution in [1.29, 1.82) is 0 Å². The first-order valence-corrected chi connectivity index (χ1v) is 11.2. The molecule has 3 aromatic carbocycles. The van der Waals surface area contributed by atoms with Gasteiger partial charge in [0.1, 0.15) is 0 Å². The number of benzene rings is 3. The predicted octanol–water partition coefficient (Wildman–Crippen LogP) is 4.83. The topological polar surface area (TPSA) is 83.1 Å². The van der Waals surface area contributed by atoms with Crippen molar-refractivity contribution < 1.29 is 31.8 Å². The Balaban J connectivity index is 2.06. The molecular weight excluding hydrogens is 449 g/mol. The first-order valence-electron chi connectivity index (χ1n) is 9.77. The number of halogens is 1. The molecule has 0 atom stereocenters. The lowest BCUT2D eigenvalue weighted by Crippen LogP contribution is -2.15. The van der Waals surface area contributed by atoms with Crippen LogP contribution in [0, 0.1) is 5.82 Å². The molecule has 0 amide bonds. The number of sulfonamides is 1. The third kappa shape index (κ3) is 5.20. The number of hydrogen-bond acceptors (Lipinski definition) is 6. The van der Waals surface area contributed by atoms with Crippen LogP contribution in [-0.2, 0) is 10.0 Å². The molecule has 0 aliphatic rings. The van der Waals surface area contributed by atoms with Gasteiger partial charge in [-0.2, -0.15) is 0 Å². The first kappa shape index (κ1) is 23.9. The molecule has 7 nitrogen and oxygen atoms in total. The quantitative estimate of drug-likeness (QED) is 0.448. The third-order valence-corrected chi connectivity index (χ3v) is 6.16. The molecule has 1 N–H and O–H groups in total. The second-order valence-corrected chi connectivity index (χ2v) is 8.44. The van der Waals surface area contributed by atoms with Gasteiger partial charge in [-0.3, -0.25) is 4.72 Å². The number of rotatable bonds is 9. The molecule has 9 heteroatoms. The van der Waals surface area contributed by atoms with Crippen LogP contribution in [0.4, 0.5) is 10.1 Å². The van der Waals surface area contributed by atoms with Crippen LogP contribution in [0.5, 0.6) is 23.0 Å². The summed E-state index contributed by atoms with van der Waals surface area (Å²) < 4.78 is 64.1. The average molecular weight is 474 g/mol. The van der Waals surface area contributed by atoms with E-state index in [1.165, 1.54) is 46.6 Å². The zero-order valence-electron chi connectivity index (χ0n) is 18.6. The summed E-state index contributed by atoms with van der Waals surface area (Å²) in [5.41, 5.74) is 0.723. The fourth-order valence-electron chi connectivity index (χ4n) is 3.15. The Hall–Kier alpha value is -3.72. The molecular formula is C24H24FNO6S. The fraction of sp³-hybridized carbons (Fsp3) is 0.167. The number of methoxy groups -OCH3 is 4. The summed E-state index contributed by atoms with van der Waals surface area (Å²) in [6.07, 6.45) is 3.25. The second kappa shape index (κ2) is 10.3. The Labute approximate surface area is 192 Å². The van der Waals surface area contributed by atoms with Crippen LogP contribution >= 0.6 is 0 Å². The Morgan fingerprint density at radius 2 is 1.39 bits per heavy atom. The van der Waals surface area contributed by atoms with E-state index in [2.05, 4.69) is 4.72 Å². The molecule has 0 fully saturated rings. The van der Waals surface area contributed by atoms with Crippen molar-refractivity contribution in [2.45, 2.75) is 4.90 Å². The van der Waals surface area contributed by atoms with E-state index in [0.29, 0.717) is 28.4 Å². The van der Waals surface area contributed by atoms with Crippen LogP contribution in [0.2, 0.25) is 0 Å². The number of nitrogens with one attached hydrogen (secondary N) is 1. The van der Waals surface area contributed by atoms with Crippen molar-refractivity contribution in [3.8, 4) is 23.0 Å². The Kier molecular flexibility index (Phi) is 7.44. The van der Waals surface area contributed by atoms with Crippen molar-refractivity contribution in [2.24, 2.45) is 0 Å². The Morgan fingerprint density at radius 3 is 1.94 bits per heavy atom. The molecule has 174 valence electrons. The van der Waals surface area contributed by atoms with E-state index in [1.54, 1.807) is 48.6 Å². The van der Waals surface area contributed by atoms with Gasteiger partial charge in [0, 0.05) is 5.56 Å². The monoisotopic (exact) mass is 473 g/mol. The average Bonchev–Trinajstić information content (AvgIpc) is 2.84. The normalized spacial score (nSPS) is 11.3. The minimum absolute atomic E-state index is 0.00627. The number of ether oxygens (including phenoxy) is 4. The van der Waals surface area contributed by atoms with Gasteiger partial charge < -0.3 is 18.9 Å². The molecule has 3 rings (SSSR count). The van der Waals surface area contributed by atoms with Gasteiger partial charge in [-0.15, -0.1) is 0 Å². The van der Waals surface area contributed by atoms with Crippen LogP contribution in [0.25, 0.3) is 12.2 Å². The maximum Gasteiger partial charge on any atom is 0.262 e. The van der Waals surface area contributed by atoms with E-state index in [-0.39, 0.29) is 16.3 Å². The van der Waals surface area contributed by atoms with Crippen molar-refractivity contribution in [3.63, 3.8) is 0 Å². The third-order valence-electron chi connectivity index (χ3n) is 4.79. The largest absolute Gasteiger partial charge is 0.494 e. The van der Waals surface area contributed by atoms with Crippen LogP contribution in [0.3, 0.4) is 0 Å². The highest BCUT2D eigenvalue weighted by Gasteiger charge is 2.20. The van der Waals surface area contributed by atoms with Gasteiger partial charge in [0.15, 0.2) is 23.1 Å². The Morgan fingerprint density at radius 1 is 0.788 bits per heavy atom. The van der Waals surface area contributed by atoms with Crippen molar-refractivity contribution in [1.82, 2.24) is 0 Å². The smallest absolute Gasteiger partial charge is 0.262 e. The van der Waals surface area contributed by atoms with E-state index < -0.39 is 15.8 Å². The summed E-state index contributed by atoms with van der Waals surface area (Å²) in [7, 11) is 1.77. The number of anilines is 1. The second-order valence-electron chi connectivity index (χ2n) is 6.76. The zero-order chi connectivity index (χ0) is 24.0. The molecule has 0 bridgehead atoms. The summed E-state index contributed by atoms with van der Waals surface area (Å²) in [6.45, 7) is 0. The molecule has 0 unspecified atom stereocenters. The summed E-state index contributed by atoms with van der Waals surface area (Å²) in [4.78, 5) is 0.00627. The SMILES string of the molecule is COc1ccc(/C=C\c2cc(OC)c(OC)c(OC)c2)c(NS(=O)(=O)c2ccccc2)c1F. The number of hydrogen-bond donors (Lipinski definition) is 1. The van der Waals surface area contributed by atoms with Gasteiger partial charge in [0.2, 0.25) is 5.75 Å². The highest BCUT2D eigenvalue weighted by atomic mass is 32.2. The summed E-state index contributed by atoms with van der Waals surface area (Å²) in [6, 6.07) is 14.1. The highest BCUT2D eigenvalue weighted by molar-refractivity contribution is 7.92. The van der Waals surface area contributed by atoms with Crippen molar-refractivity contribution >= 4 is 27.9 Å². The fourth-order valence-corrected chi connectivity index (χ4v) is 4.26. The summed E-state index contributed by atoms with van der Waals surface area (Å²) in [5.74, 6) is 0.406. The molecule has 0 aromatic heterocycles. The lowest BCUT2D eigenvalue weighted by Gasteiger charge is -2.14. The zero-order valence-corrected chi connectivity index (χ0v) is 19.4. The van der Waals surface area contributed by atoms with E-state index in [9.17, 15) is 8.42 Å². The van der Waals surface area contributed by atoms with Crippen LogP contribution in [0.15, 0.2) is 59.5 Å². The van der Waals surface area contributed by atoms with Gasteiger partial charge in [0.05, 0.1) is 39.0 Å². The molecule has 0 spiro atoms. The standard InChI is InChI=1S/C24H24FNO6S/c1-29-19-13-12-17(11-10-16-14-20(30-2)24(32-4)21(15-16)31-3)23(22(19)25)26-33(27,28)18-8-6-5-7-9-18/h5-15,26H,1-4H3/b11-10-. The molecule has 0 radical (unpaired) electrons. The van der Waals surface area contributed by atoms with Gasteiger partial charge in [-0.25, -0.2) is 12.8 Å². The van der Waals surface area contributed by atoms with Gasteiger partial charge in [0.25, 0.3) is 10.0 Å². The lowest BCUT2D eigenvalue weighted by atomic mass is 10.1. The molecule has 0 saturated carbocycles. The maximum atomic E-state index is 15.1. The van der Waals surface area contributed by atoms with Crippen LogP contribution in [0.1, 0.15) is 11.1 Å². The van der Waals surface area contributed by atoms with Gasteiger partial charge >= 0.3 is 0 Å². The highest BCUT2D eigenvalue weighted by Crippen LogP contribution is 2.39. The minimum atomic E-state index is -4.03. The molecule has 0 saturated heterocycles. The predicted molar refractivity (Wildman–Crippen MR) is 125 cm³/mol. The van der Waals surface area contributed by atoms with Crippen molar-refractivity contribution in [3.05, 3.63) is 71.5 Å². The van der Waals surface area contributed by atoms with Crippen LogP contribution in [-0.4, -0.2) is 36.9 Å². The molecule has 33 heavy (non-hydrogen) atoms.